The Balaban J connectivity index is 1.51. The average Bonchev–Trinajstić information content (AvgIpc) is 3.35. The molecular weight excluding hydrogens is 438 g/mol. The van der Waals surface area contributed by atoms with Gasteiger partial charge in [-0.1, -0.05) is 0 Å². The average molecular weight is 456 g/mol. The zero-order valence-corrected chi connectivity index (χ0v) is 17.9. The van der Waals surface area contributed by atoms with E-state index in [2.05, 4.69) is 4.99 Å². The zero-order chi connectivity index (χ0) is 22.2. The van der Waals surface area contributed by atoms with Gasteiger partial charge >= 0.3 is 0 Å². The number of phenols is 1. The quantitative estimate of drug-likeness (QED) is 0.577. The first-order valence-electron chi connectivity index (χ1n) is 8.99. The number of hydrogen-bond donors (Lipinski definition) is 2. The van der Waals surface area contributed by atoms with Gasteiger partial charge in [0.15, 0.2) is 5.17 Å². The Morgan fingerprint density at radius 2 is 1.74 bits per heavy atom. The van der Waals surface area contributed by atoms with Crippen LogP contribution in [-0.2, 0) is 14.8 Å². The van der Waals surface area contributed by atoms with Crippen LogP contribution in [0.3, 0.4) is 0 Å². The summed E-state index contributed by atoms with van der Waals surface area (Å²) in [7, 11) is -1.98. The van der Waals surface area contributed by atoms with Crippen LogP contribution in [0.1, 0.15) is 5.76 Å². The highest BCUT2D eigenvalue weighted by molar-refractivity contribution is 8.18. The molecule has 0 saturated heterocycles. The molecule has 4 rings (SSSR count). The maximum atomic E-state index is 12.3. The molecule has 8 nitrogen and oxygen atoms in total. The molecule has 10 heteroatoms. The number of aromatic hydroxyl groups is 1. The summed E-state index contributed by atoms with van der Waals surface area (Å²) in [5, 5.41) is 15.0. The summed E-state index contributed by atoms with van der Waals surface area (Å²) in [5.74, 6) is 0.763. The topological polar surface area (TPSA) is 126 Å². The van der Waals surface area contributed by atoms with Crippen LogP contribution < -0.4 is 10.0 Å². The molecule has 1 amide bonds. The van der Waals surface area contributed by atoms with Crippen LogP contribution in [-0.4, -0.2) is 31.6 Å². The zero-order valence-electron chi connectivity index (χ0n) is 16.2. The third-order valence-corrected chi connectivity index (χ3v) is 6.49. The van der Waals surface area contributed by atoms with E-state index in [9.17, 15) is 18.3 Å². The number of furan rings is 1. The van der Waals surface area contributed by atoms with Gasteiger partial charge in [-0.2, -0.15) is 4.99 Å². The van der Waals surface area contributed by atoms with Gasteiger partial charge in [0.2, 0.25) is 10.0 Å². The Labute approximate surface area is 182 Å². The number of nitrogens with two attached hydrogens (primary N) is 1. The SMILES string of the molecule is CN(C1=NC(=O)C(=Cc2ccc(-c3ccc(S(N)(=O)=O)cc3)o2)S1)c1ccc(O)cc1. The fraction of sp³-hybridized carbons (Fsp3) is 0.0476. The summed E-state index contributed by atoms with van der Waals surface area (Å²) in [6, 6.07) is 16.0. The molecule has 0 aliphatic carbocycles. The van der Waals surface area contributed by atoms with Crippen molar-refractivity contribution in [1.29, 1.82) is 0 Å². The van der Waals surface area contributed by atoms with Crippen LogP contribution in [0.5, 0.6) is 5.75 Å². The summed E-state index contributed by atoms with van der Waals surface area (Å²) in [6.45, 7) is 0. The lowest BCUT2D eigenvalue weighted by Crippen LogP contribution is -2.21. The number of phenolic OH excluding ortho intramolecular Hbond substituents is 1. The van der Waals surface area contributed by atoms with Crippen LogP contribution in [0.2, 0.25) is 0 Å². The van der Waals surface area contributed by atoms with Crippen molar-refractivity contribution in [1.82, 2.24) is 0 Å². The number of carbonyl (C=O) groups is 1. The molecule has 2 heterocycles. The molecule has 0 unspecified atom stereocenters. The lowest BCUT2D eigenvalue weighted by molar-refractivity contribution is -0.113. The van der Waals surface area contributed by atoms with Crippen LogP contribution in [0.15, 0.2) is 79.9 Å². The van der Waals surface area contributed by atoms with E-state index in [0.717, 1.165) is 5.69 Å². The molecule has 0 radical (unpaired) electrons. The third kappa shape index (κ3) is 4.55. The number of anilines is 1. The maximum absolute atomic E-state index is 12.3. The Morgan fingerprint density at radius 3 is 2.39 bits per heavy atom. The van der Waals surface area contributed by atoms with Crippen LogP contribution in [0, 0.1) is 0 Å². The molecule has 1 aliphatic rings. The third-order valence-electron chi connectivity index (χ3n) is 4.50. The van der Waals surface area contributed by atoms with E-state index in [1.807, 2.05) is 0 Å². The minimum Gasteiger partial charge on any atom is -0.508 e. The normalized spacial score (nSPS) is 15.4. The molecule has 1 aliphatic heterocycles. The van der Waals surface area contributed by atoms with Crippen LogP contribution in [0.25, 0.3) is 17.4 Å². The van der Waals surface area contributed by atoms with E-state index in [4.69, 9.17) is 9.56 Å². The molecule has 0 spiro atoms. The minimum absolute atomic E-state index is 0.0144. The van der Waals surface area contributed by atoms with Crippen molar-refractivity contribution < 1.29 is 22.7 Å². The Morgan fingerprint density at radius 1 is 1.06 bits per heavy atom. The van der Waals surface area contributed by atoms with Crippen molar-refractivity contribution in [2.24, 2.45) is 10.1 Å². The second kappa shape index (κ2) is 8.06. The summed E-state index contributed by atoms with van der Waals surface area (Å²) in [6.07, 6.45) is 1.61. The molecule has 3 N–H and O–H groups in total. The molecule has 0 atom stereocenters. The number of aliphatic imine (C=N–C) groups is 1. The number of rotatable bonds is 4. The van der Waals surface area contributed by atoms with Gasteiger partial charge in [0, 0.05) is 24.4 Å². The van der Waals surface area contributed by atoms with E-state index < -0.39 is 10.0 Å². The number of nitrogens with zero attached hydrogens (tertiary/aromatic N) is 2. The molecule has 0 saturated carbocycles. The number of benzene rings is 2. The van der Waals surface area contributed by atoms with Crippen LogP contribution >= 0.6 is 11.8 Å². The first-order chi connectivity index (χ1) is 14.7. The van der Waals surface area contributed by atoms with Crippen molar-refractivity contribution in [3.63, 3.8) is 0 Å². The van der Waals surface area contributed by atoms with Crippen molar-refractivity contribution in [2.45, 2.75) is 4.90 Å². The lowest BCUT2D eigenvalue weighted by Gasteiger charge is -2.17. The van der Waals surface area contributed by atoms with Gasteiger partial charge in [-0.3, -0.25) is 4.79 Å². The molecule has 31 heavy (non-hydrogen) atoms. The van der Waals surface area contributed by atoms with E-state index in [1.54, 1.807) is 66.6 Å². The Bertz CT molecular complexity index is 1310. The molecule has 0 bridgehead atoms. The largest absolute Gasteiger partial charge is 0.508 e. The monoisotopic (exact) mass is 455 g/mol. The number of hydrogen-bond acceptors (Lipinski definition) is 7. The predicted molar refractivity (Wildman–Crippen MR) is 120 cm³/mol. The van der Waals surface area contributed by atoms with Crippen molar-refractivity contribution in [3.8, 4) is 17.1 Å². The number of carbonyl (C=O) groups excluding carboxylic acids is 1. The van der Waals surface area contributed by atoms with Crippen LogP contribution in [0.4, 0.5) is 5.69 Å². The number of amidine groups is 1. The lowest BCUT2D eigenvalue weighted by atomic mass is 10.2. The second-order valence-corrected chi connectivity index (χ2v) is 9.23. The van der Waals surface area contributed by atoms with Gasteiger partial charge in [-0.15, -0.1) is 0 Å². The first-order valence-corrected chi connectivity index (χ1v) is 11.4. The fourth-order valence-corrected chi connectivity index (χ4v) is 4.24. The fourth-order valence-electron chi connectivity index (χ4n) is 2.85. The molecule has 158 valence electrons. The molecule has 2 aromatic carbocycles. The maximum Gasteiger partial charge on any atom is 0.286 e. The molecule has 3 aromatic rings. The number of sulfonamides is 1. The highest BCUT2D eigenvalue weighted by atomic mass is 32.2. The van der Waals surface area contributed by atoms with Gasteiger partial charge in [0.05, 0.1) is 9.80 Å². The summed E-state index contributed by atoms with van der Waals surface area (Å²) < 4.78 is 28.5. The van der Waals surface area contributed by atoms with E-state index in [-0.39, 0.29) is 16.6 Å². The predicted octanol–water partition coefficient (Wildman–Crippen LogP) is 3.41. The highest BCUT2D eigenvalue weighted by Crippen LogP contribution is 2.33. The van der Waals surface area contributed by atoms with Crippen molar-refractivity contribution in [3.05, 3.63) is 71.3 Å². The number of primary sulfonamides is 1. The smallest absolute Gasteiger partial charge is 0.286 e. The van der Waals surface area contributed by atoms with E-state index in [0.29, 0.717) is 27.2 Å². The summed E-state index contributed by atoms with van der Waals surface area (Å²) in [4.78, 5) is 18.6. The Kier molecular flexibility index (Phi) is 5.44. The number of thioether (sulfide) groups is 1. The standard InChI is InChI=1S/C21H17N3O5S2/c1-24(14-4-6-15(25)7-5-14)21-23-20(26)19(30-21)12-16-8-11-18(29-16)13-2-9-17(10-3-13)31(22,27)28/h2-12,25H,1H3,(H2,22,27,28). The van der Waals surface area contributed by atoms with Crippen molar-refractivity contribution >= 4 is 44.6 Å². The van der Waals surface area contributed by atoms with Gasteiger partial charge in [0.1, 0.15) is 17.3 Å². The summed E-state index contributed by atoms with van der Waals surface area (Å²) >= 11 is 1.21. The molecular formula is C21H17N3O5S2. The van der Waals surface area contributed by atoms with Gasteiger partial charge in [-0.25, -0.2) is 13.6 Å². The second-order valence-electron chi connectivity index (χ2n) is 6.66. The van der Waals surface area contributed by atoms with E-state index >= 15 is 0 Å². The Hall–Kier alpha value is -3.34. The van der Waals surface area contributed by atoms with Crippen molar-refractivity contribution in [2.75, 3.05) is 11.9 Å². The molecule has 0 fully saturated rings. The molecule has 1 aromatic heterocycles. The highest BCUT2D eigenvalue weighted by Gasteiger charge is 2.25. The summed E-state index contributed by atoms with van der Waals surface area (Å²) in [5.41, 5.74) is 1.45. The number of amides is 1. The minimum atomic E-state index is -3.76. The van der Waals surface area contributed by atoms with E-state index in [1.165, 1.54) is 23.9 Å². The van der Waals surface area contributed by atoms with Gasteiger partial charge in [0.25, 0.3) is 5.91 Å². The van der Waals surface area contributed by atoms with Gasteiger partial charge in [-0.05, 0) is 72.4 Å². The van der Waals surface area contributed by atoms with Gasteiger partial charge < -0.3 is 14.4 Å². The first kappa shape index (κ1) is 20.9.